The minimum atomic E-state index is -3.82. The van der Waals surface area contributed by atoms with Crippen molar-refractivity contribution in [2.45, 2.75) is 206 Å². The van der Waals surface area contributed by atoms with Crippen LogP contribution >= 0.6 is 0 Å². The average Bonchev–Trinajstić information content (AvgIpc) is 2.92. The molecule has 0 aromatic heterocycles. The summed E-state index contributed by atoms with van der Waals surface area (Å²) in [5.41, 5.74) is 0. The molecular formula is C34H70O4S. The fourth-order valence-electron chi connectivity index (χ4n) is 5.30. The van der Waals surface area contributed by atoms with Gasteiger partial charge < -0.3 is 0 Å². The van der Waals surface area contributed by atoms with Gasteiger partial charge in [-0.1, -0.05) is 194 Å². The summed E-state index contributed by atoms with van der Waals surface area (Å²) in [6, 6.07) is 0. The van der Waals surface area contributed by atoms with Crippen molar-refractivity contribution in [1.82, 2.24) is 0 Å². The second-order valence-corrected chi connectivity index (χ2v) is 13.2. The molecule has 0 fully saturated rings. The van der Waals surface area contributed by atoms with Gasteiger partial charge >= 0.3 is 10.4 Å². The Morgan fingerprint density at radius 1 is 0.308 bits per heavy atom. The molecule has 0 aliphatic carbocycles. The molecular weight excluding hydrogens is 504 g/mol. The minimum Gasteiger partial charge on any atom is -0.248 e. The van der Waals surface area contributed by atoms with E-state index < -0.39 is 10.4 Å². The zero-order chi connectivity index (χ0) is 28.5. The Bertz CT molecular complexity index is 549. The van der Waals surface area contributed by atoms with Crippen molar-refractivity contribution >= 4 is 10.4 Å². The van der Waals surface area contributed by atoms with Gasteiger partial charge in [-0.2, -0.15) is 8.42 Å². The van der Waals surface area contributed by atoms with E-state index in [1.165, 1.54) is 167 Å². The smallest absolute Gasteiger partial charge is 0.248 e. The van der Waals surface area contributed by atoms with E-state index in [0.717, 1.165) is 25.7 Å². The van der Waals surface area contributed by atoms with Crippen molar-refractivity contribution in [2.24, 2.45) is 0 Å². The number of unbranched alkanes of at least 4 members (excludes halogenated alkanes) is 28. The van der Waals surface area contributed by atoms with Crippen molar-refractivity contribution in [3.63, 3.8) is 0 Å². The summed E-state index contributed by atoms with van der Waals surface area (Å²) in [4.78, 5) is 0. The summed E-state index contributed by atoms with van der Waals surface area (Å²) in [6.45, 7) is 5.05. The fourth-order valence-corrected chi connectivity index (χ4v) is 6.01. The molecule has 0 atom stereocenters. The van der Waals surface area contributed by atoms with Crippen LogP contribution in [0.25, 0.3) is 0 Å². The van der Waals surface area contributed by atoms with E-state index in [9.17, 15) is 8.42 Å². The maximum Gasteiger partial charge on any atom is 0.399 e. The quantitative estimate of drug-likeness (QED) is 0.0717. The lowest BCUT2D eigenvalue weighted by molar-refractivity contribution is 0.208. The molecule has 0 aliphatic rings. The average molecular weight is 575 g/mol. The molecule has 0 saturated carbocycles. The van der Waals surface area contributed by atoms with Gasteiger partial charge in [0.05, 0.1) is 13.2 Å². The van der Waals surface area contributed by atoms with E-state index in [0.29, 0.717) is 0 Å². The van der Waals surface area contributed by atoms with Crippen LogP contribution in [0, 0.1) is 0 Å². The molecule has 0 saturated heterocycles. The Morgan fingerprint density at radius 2 is 0.487 bits per heavy atom. The SMILES string of the molecule is CCCCCCCCCCCCCCCCCCOS(=O)(=O)OCCCCCCCCCCCCCCCC. The highest BCUT2D eigenvalue weighted by molar-refractivity contribution is 7.81. The van der Waals surface area contributed by atoms with Crippen molar-refractivity contribution in [1.29, 1.82) is 0 Å². The van der Waals surface area contributed by atoms with Gasteiger partial charge in [-0.15, -0.1) is 0 Å². The molecule has 0 N–H and O–H groups in total. The van der Waals surface area contributed by atoms with Gasteiger partial charge in [-0.3, -0.25) is 0 Å². The predicted octanol–water partition coefficient (Wildman–Crippen LogP) is 12.0. The normalized spacial score (nSPS) is 11.9. The van der Waals surface area contributed by atoms with Gasteiger partial charge in [-0.25, -0.2) is 8.37 Å². The second-order valence-electron chi connectivity index (χ2n) is 12.0. The van der Waals surface area contributed by atoms with E-state index in [1.807, 2.05) is 0 Å². The molecule has 0 spiro atoms. The van der Waals surface area contributed by atoms with E-state index in [-0.39, 0.29) is 13.2 Å². The largest absolute Gasteiger partial charge is 0.399 e. The van der Waals surface area contributed by atoms with Gasteiger partial charge in [0.15, 0.2) is 0 Å². The standard InChI is InChI=1S/C34H70O4S/c1-3-5-7-9-11-13-15-17-19-20-22-24-26-28-30-32-34-38-39(35,36)37-33-31-29-27-25-23-21-18-16-14-12-10-8-6-4-2/h3-34H2,1-2H3. The fraction of sp³-hybridized carbons (Fsp3) is 1.00. The van der Waals surface area contributed by atoms with Crippen LogP contribution in [0.3, 0.4) is 0 Å². The molecule has 0 aromatic rings. The first-order valence-corrected chi connectivity index (χ1v) is 19.0. The van der Waals surface area contributed by atoms with Gasteiger partial charge in [-0.05, 0) is 12.8 Å². The molecule has 0 amide bonds. The first kappa shape index (κ1) is 38.9. The highest BCUT2D eigenvalue weighted by Crippen LogP contribution is 2.15. The van der Waals surface area contributed by atoms with Gasteiger partial charge in [0.2, 0.25) is 0 Å². The lowest BCUT2D eigenvalue weighted by atomic mass is 10.0. The molecule has 0 rings (SSSR count). The van der Waals surface area contributed by atoms with Crippen molar-refractivity contribution < 1.29 is 16.8 Å². The zero-order valence-corrected chi connectivity index (χ0v) is 27.5. The summed E-state index contributed by atoms with van der Waals surface area (Å²) in [7, 11) is -3.82. The monoisotopic (exact) mass is 574 g/mol. The molecule has 236 valence electrons. The third kappa shape index (κ3) is 34.0. The van der Waals surface area contributed by atoms with E-state index in [2.05, 4.69) is 13.8 Å². The molecule has 5 heteroatoms. The molecule has 0 unspecified atom stereocenters. The van der Waals surface area contributed by atoms with Crippen molar-refractivity contribution in [3.05, 3.63) is 0 Å². The topological polar surface area (TPSA) is 52.6 Å². The lowest BCUT2D eigenvalue weighted by Gasteiger charge is -2.07. The van der Waals surface area contributed by atoms with Crippen LogP contribution in [0.2, 0.25) is 0 Å². The number of hydrogen-bond acceptors (Lipinski definition) is 4. The Kier molecular flexibility index (Phi) is 32.3. The highest BCUT2D eigenvalue weighted by atomic mass is 32.3. The Balaban J connectivity index is 3.27. The summed E-state index contributed by atoms with van der Waals surface area (Å²) in [5, 5.41) is 0. The van der Waals surface area contributed by atoms with Gasteiger partial charge in [0, 0.05) is 0 Å². The first-order chi connectivity index (χ1) is 19.1. The van der Waals surface area contributed by atoms with E-state index in [4.69, 9.17) is 8.37 Å². The van der Waals surface area contributed by atoms with Crippen LogP contribution in [0.4, 0.5) is 0 Å². The summed E-state index contributed by atoms with van der Waals surface area (Å²) >= 11 is 0. The second kappa shape index (κ2) is 32.4. The summed E-state index contributed by atoms with van der Waals surface area (Å²) in [6.07, 6.45) is 38.9. The zero-order valence-electron chi connectivity index (χ0n) is 26.7. The highest BCUT2D eigenvalue weighted by Gasteiger charge is 2.11. The van der Waals surface area contributed by atoms with Crippen LogP contribution in [-0.4, -0.2) is 21.6 Å². The Hall–Kier alpha value is -0.130. The maximum absolute atomic E-state index is 11.9. The van der Waals surface area contributed by atoms with Crippen molar-refractivity contribution in [2.75, 3.05) is 13.2 Å². The third-order valence-corrected chi connectivity index (χ3v) is 8.86. The van der Waals surface area contributed by atoms with Gasteiger partial charge in [0.1, 0.15) is 0 Å². The molecule has 0 bridgehead atoms. The van der Waals surface area contributed by atoms with E-state index >= 15 is 0 Å². The van der Waals surface area contributed by atoms with Crippen LogP contribution < -0.4 is 0 Å². The van der Waals surface area contributed by atoms with Crippen LogP contribution in [0.1, 0.15) is 206 Å². The molecule has 0 aromatic carbocycles. The predicted molar refractivity (Wildman–Crippen MR) is 171 cm³/mol. The first-order valence-electron chi connectivity index (χ1n) is 17.7. The Labute approximate surface area is 246 Å². The lowest BCUT2D eigenvalue weighted by Crippen LogP contribution is -2.12. The van der Waals surface area contributed by atoms with E-state index in [1.54, 1.807) is 0 Å². The molecule has 4 nitrogen and oxygen atoms in total. The number of hydrogen-bond donors (Lipinski definition) is 0. The number of rotatable bonds is 34. The molecule has 0 heterocycles. The van der Waals surface area contributed by atoms with Crippen LogP contribution in [0.5, 0.6) is 0 Å². The molecule has 39 heavy (non-hydrogen) atoms. The minimum absolute atomic E-state index is 0.249. The van der Waals surface area contributed by atoms with Crippen LogP contribution in [-0.2, 0) is 18.8 Å². The molecule has 0 radical (unpaired) electrons. The van der Waals surface area contributed by atoms with Crippen LogP contribution in [0.15, 0.2) is 0 Å². The maximum atomic E-state index is 11.9. The summed E-state index contributed by atoms with van der Waals surface area (Å²) in [5.74, 6) is 0. The molecule has 0 aliphatic heterocycles. The van der Waals surface area contributed by atoms with Gasteiger partial charge in [0.25, 0.3) is 0 Å². The summed E-state index contributed by atoms with van der Waals surface area (Å²) < 4.78 is 33.8. The third-order valence-electron chi connectivity index (χ3n) is 7.95. The van der Waals surface area contributed by atoms with Crippen molar-refractivity contribution in [3.8, 4) is 0 Å². The Morgan fingerprint density at radius 3 is 0.692 bits per heavy atom.